The SMILES string of the molecule is CN(C)c1ccc(NC(=O)[C@@H]2CCCN(S(=O)(=O)c3ccccc3)C2)cc1. The van der Waals surface area contributed by atoms with Crippen molar-refractivity contribution in [1.82, 2.24) is 4.31 Å². The number of hydrogen-bond acceptors (Lipinski definition) is 4. The molecule has 6 nitrogen and oxygen atoms in total. The molecule has 1 saturated heterocycles. The zero-order valence-corrected chi connectivity index (χ0v) is 16.4. The Kier molecular flexibility index (Phi) is 5.82. The Morgan fingerprint density at radius 3 is 2.37 bits per heavy atom. The van der Waals surface area contributed by atoms with Gasteiger partial charge in [-0.3, -0.25) is 4.79 Å². The fraction of sp³-hybridized carbons (Fsp3) is 0.350. The van der Waals surface area contributed by atoms with Crippen molar-refractivity contribution in [3.63, 3.8) is 0 Å². The van der Waals surface area contributed by atoms with E-state index in [9.17, 15) is 13.2 Å². The third kappa shape index (κ3) is 4.48. The van der Waals surface area contributed by atoms with Crippen molar-refractivity contribution in [3.8, 4) is 0 Å². The predicted molar refractivity (Wildman–Crippen MR) is 107 cm³/mol. The van der Waals surface area contributed by atoms with Crippen LogP contribution in [0.15, 0.2) is 59.5 Å². The van der Waals surface area contributed by atoms with Crippen LogP contribution < -0.4 is 10.2 Å². The van der Waals surface area contributed by atoms with Crippen LogP contribution in [0.5, 0.6) is 0 Å². The van der Waals surface area contributed by atoms with E-state index < -0.39 is 10.0 Å². The van der Waals surface area contributed by atoms with Gasteiger partial charge < -0.3 is 10.2 Å². The predicted octanol–water partition coefficient (Wildman–Crippen LogP) is 2.79. The van der Waals surface area contributed by atoms with Crippen LogP contribution in [0.3, 0.4) is 0 Å². The van der Waals surface area contributed by atoms with Crippen LogP contribution in [0.1, 0.15) is 12.8 Å². The van der Waals surface area contributed by atoms with Crippen molar-refractivity contribution < 1.29 is 13.2 Å². The second-order valence-electron chi connectivity index (χ2n) is 6.95. The molecule has 0 saturated carbocycles. The average molecular weight is 388 g/mol. The molecule has 1 aliphatic heterocycles. The highest BCUT2D eigenvalue weighted by atomic mass is 32.2. The van der Waals surface area contributed by atoms with Gasteiger partial charge in [-0.1, -0.05) is 18.2 Å². The number of nitrogens with zero attached hydrogens (tertiary/aromatic N) is 2. The van der Waals surface area contributed by atoms with Crippen molar-refractivity contribution >= 4 is 27.3 Å². The molecule has 27 heavy (non-hydrogen) atoms. The van der Waals surface area contributed by atoms with E-state index in [-0.39, 0.29) is 23.3 Å². The molecule has 0 spiro atoms. The topological polar surface area (TPSA) is 69.7 Å². The van der Waals surface area contributed by atoms with E-state index in [2.05, 4.69) is 5.32 Å². The maximum atomic E-state index is 12.8. The maximum Gasteiger partial charge on any atom is 0.243 e. The molecule has 0 aliphatic carbocycles. The molecule has 1 amide bonds. The lowest BCUT2D eigenvalue weighted by Gasteiger charge is -2.31. The van der Waals surface area contributed by atoms with Gasteiger partial charge in [-0.05, 0) is 49.2 Å². The van der Waals surface area contributed by atoms with Crippen molar-refractivity contribution in [3.05, 3.63) is 54.6 Å². The van der Waals surface area contributed by atoms with E-state index in [4.69, 9.17) is 0 Å². The Labute approximate surface area is 160 Å². The number of carbonyl (C=O) groups excluding carboxylic acids is 1. The summed E-state index contributed by atoms with van der Waals surface area (Å²) in [4.78, 5) is 14.9. The first-order valence-electron chi connectivity index (χ1n) is 9.01. The average Bonchev–Trinajstić information content (AvgIpc) is 2.69. The highest BCUT2D eigenvalue weighted by Crippen LogP contribution is 2.25. The van der Waals surface area contributed by atoms with Gasteiger partial charge in [-0.2, -0.15) is 4.31 Å². The third-order valence-corrected chi connectivity index (χ3v) is 6.67. The summed E-state index contributed by atoms with van der Waals surface area (Å²) in [6.07, 6.45) is 1.35. The van der Waals surface area contributed by atoms with E-state index in [0.717, 1.165) is 5.69 Å². The number of nitrogens with one attached hydrogen (secondary N) is 1. The number of anilines is 2. The Morgan fingerprint density at radius 1 is 1.07 bits per heavy atom. The summed E-state index contributed by atoms with van der Waals surface area (Å²) < 4.78 is 27.0. The van der Waals surface area contributed by atoms with E-state index in [0.29, 0.717) is 25.1 Å². The molecular formula is C20H25N3O3S. The summed E-state index contributed by atoms with van der Waals surface area (Å²) in [5.41, 5.74) is 1.76. The largest absolute Gasteiger partial charge is 0.378 e. The summed E-state index contributed by atoms with van der Waals surface area (Å²) in [5, 5.41) is 2.91. The third-order valence-electron chi connectivity index (χ3n) is 4.79. The highest BCUT2D eigenvalue weighted by molar-refractivity contribution is 7.89. The molecular weight excluding hydrogens is 362 g/mol. The Morgan fingerprint density at radius 2 is 1.74 bits per heavy atom. The zero-order chi connectivity index (χ0) is 19.4. The molecule has 1 aliphatic rings. The molecule has 2 aromatic rings. The van der Waals surface area contributed by atoms with Crippen molar-refractivity contribution in [2.45, 2.75) is 17.7 Å². The van der Waals surface area contributed by atoms with Crippen LogP contribution in [0.2, 0.25) is 0 Å². The van der Waals surface area contributed by atoms with E-state index in [1.165, 1.54) is 4.31 Å². The molecule has 0 radical (unpaired) electrons. The molecule has 1 N–H and O–H groups in total. The quantitative estimate of drug-likeness (QED) is 0.857. The number of carbonyl (C=O) groups is 1. The van der Waals surface area contributed by atoms with E-state index >= 15 is 0 Å². The standard InChI is InChI=1S/C20H25N3O3S/c1-22(2)18-12-10-17(11-13-18)21-20(24)16-7-6-14-23(15-16)27(25,26)19-8-4-3-5-9-19/h3-5,8-13,16H,6-7,14-15H2,1-2H3,(H,21,24)/t16-/m1/s1. The summed E-state index contributed by atoms with van der Waals surface area (Å²) in [6, 6.07) is 16.0. The molecule has 0 unspecified atom stereocenters. The van der Waals surface area contributed by atoms with Crippen molar-refractivity contribution in [2.75, 3.05) is 37.4 Å². The van der Waals surface area contributed by atoms with Gasteiger partial charge in [0.1, 0.15) is 0 Å². The maximum absolute atomic E-state index is 12.8. The monoisotopic (exact) mass is 387 g/mol. The van der Waals surface area contributed by atoms with E-state index in [1.807, 2.05) is 43.3 Å². The molecule has 7 heteroatoms. The number of piperidine rings is 1. The number of sulfonamides is 1. The van der Waals surface area contributed by atoms with Crippen LogP contribution in [-0.2, 0) is 14.8 Å². The van der Waals surface area contributed by atoms with Crippen LogP contribution >= 0.6 is 0 Å². The minimum Gasteiger partial charge on any atom is -0.378 e. The smallest absolute Gasteiger partial charge is 0.243 e. The second kappa shape index (κ2) is 8.10. The van der Waals surface area contributed by atoms with Gasteiger partial charge >= 0.3 is 0 Å². The van der Waals surface area contributed by atoms with Gasteiger partial charge in [0, 0.05) is 38.6 Å². The second-order valence-corrected chi connectivity index (χ2v) is 8.88. The molecule has 1 heterocycles. The summed E-state index contributed by atoms with van der Waals surface area (Å²) in [7, 11) is 0.343. The lowest BCUT2D eigenvalue weighted by atomic mass is 9.98. The van der Waals surface area contributed by atoms with E-state index in [1.54, 1.807) is 30.3 Å². The van der Waals surface area contributed by atoms with Crippen LogP contribution in [0, 0.1) is 5.92 Å². The van der Waals surface area contributed by atoms with Crippen LogP contribution in [0.4, 0.5) is 11.4 Å². The number of hydrogen-bond donors (Lipinski definition) is 1. The van der Waals surface area contributed by atoms with Gasteiger partial charge in [-0.15, -0.1) is 0 Å². The zero-order valence-electron chi connectivity index (χ0n) is 15.6. The Balaban J connectivity index is 1.68. The summed E-state index contributed by atoms with van der Waals surface area (Å²) in [5.74, 6) is -0.494. The molecule has 0 bridgehead atoms. The highest BCUT2D eigenvalue weighted by Gasteiger charge is 2.33. The Bertz CT molecular complexity index is 880. The molecule has 2 aromatic carbocycles. The van der Waals surface area contributed by atoms with Gasteiger partial charge in [0.2, 0.25) is 15.9 Å². The van der Waals surface area contributed by atoms with Gasteiger partial charge in [0.05, 0.1) is 10.8 Å². The summed E-state index contributed by atoms with van der Waals surface area (Å²) >= 11 is 0. The molecule has 1 fully saturated rings. The minimum absolute atomic E-state index is 0.138. The number of amides is 1. The molecule has 3 rings (SSSR count). The van der Waals surface area contributed by atoms with Crippen LogP contribution in [-0.4, -0.2) is 45.8 Å². The fourth-order valence-corrected chi connectivity index (χ4v) is 4.75. The van der Waals surface area contributed by atoms with Crippen LogP contribution in [0.25, 0.3) is 0 Å². The van der Waals surface area contributed by atoms with Gasteiger partial charge in [0.15, 0.2) is 0 Å². The first kappa shape index (κ1) is 19.4. The lowest BCUT2D eigenvalue weighted by Crippen LogP contribution is -2.43. The minimum atomic E-state index is -3.57. The molecule has 1 atom stereocenters. The first-order chi connectivity index (χ1) is 12.9. The van der Waals surface area contributed by atoms with Gasteiger partial charge in [-0.25, -0.2) is 8.42 Å². The Hall–Kier alpha value is -2.38. The van der Waals surface area contributed by atoms with Gasteiger partial charge in [0.25, 0.3) is 0 Å². The molecule has 0 aromatic heterocycles. The first-order valence-corrected chi connectivity index (χ1v) is 10.5. The summed E-state index contributed by atoms with van der Waals surface area (Å²) in [6.45, 7) is 0.650. The van der Waals surface area contributed by atoms with Crippen molar-refractivity contribution in [2.24, 2.45) is 5.92 Å². The number of benzene rings is 2. The fourth-order valence-electron chi connectivity index (χ4n) is 3.20. The molecule has 144 valence electrons. The number of rotatable bonds is 5. The lowest BCUT2D eigenvalue weighted by molar-refractivity contribution is -0.120. The van der Waals surface area contributed by atoms with Crippen molar-refractivity contribution in [1.29, 1.82) is 0 Å². The normalized spacial score (nSPS) is 18.1.